The second kappa shape index (κ2) is 7.15. The zero-order valence-corrected chi connectivity index (χ0v) is 6.32. The van der Waals surface area contributed by atoms with Crippen LogP contribution >= 0.6 is 12.4 Å². The lowest BCUT2D eigenvalue weighted by atomic mass is 10.2. The van der Waals surface area contributed by atoms with Gasteiger partial charge >= 0.3 is 0 Å². The van der Waals surface area contributed by atoms with Crippen LogP contribution in [0.25, 0.3) is 0 Å². The molecule has 1 rings (SSSR count). The van der Waals surface area contributed by atoms with Crippen molar-refractivity contribution >= 4 is 29.8 Å². The molecule has 1 aromatic carbocycles. The van der Waals surface area contributed by atoms with Crippen molar-refractivity contribution in [2.75, 3.05) is 0 Å². The number of rotatable bonds is 1. The van der Waals surface area contributed by atoms with E-state index in [9.17, 15) is 0 Å². The van der Waals surface area contributed by atoms with Gasteiger partial charge in [-0.15, -0.1) is 12.4 Å². The molecule has 0 aliphatic rings. The number of hydrogen-bond donors (Lipinski definition) is 0. The molecule has 0 aromatic heterocycles. The Bertz CT molecular complexity index is 151. The van der Waals surface area contributed by atoms with Crippen LogP contribution in [0.3, 0.4) is 0 Å². The van der Waals surface area contributed by atoms with Gasteiger partial charge in [-0.25, -0.2) is 0 Å². The third-order valence-corrected chi connectivity index (χ3v) is 1.25. The Labute approximate surface area is 79.2 Å². The van der Waals surface area contributed by atoms with Crippen LogP contribution in [0.4, 0.5) is 0 Å². The summed E-state index contributed by atoms with van der Waals surface area (Å²) in [5, 5.41) is 0. The Hall–Kier alpha value is 0.0425. The molecule has 0 aliphatic carbocycles. The molecule has 0 unspecified atom stereocenters. The Morgan fingerprint density at radius 1 is 1.10 bits per heavy atom. The van der Waals surface area contributed by atoms with Crippen molar-refractivity contribution in [3.05, 3.63) is 35.9 Å². The molecule has 0 bridgehead atoms. The summed E-state index contributed by atoms with van der Waals surface area (Å²) in [5.41, 5.74) is 1.41. The first-order valence-electron chi connectivity index (χ1n) is 2.97. The summed E-state index contributed by atoms with van der Waals surface area (Å²) in [6.45, 7) is 2.16. The molecule has 0 aliphatic heterocycles. The topological polar surface area (TPSA) is 0 Å². The maximum atomic E-state index is 2.16. The van der Waals surface area contributed by atoms with Crippen molar-refractivity contribution in [2.45, 2.75) is 13.3 Å². The van der Waals surface area contributed by atoms with Crippen LogP contribution in [0.5, 0.6) is 0 Å². The van der Waals surface area contributed by atoms with Gasteiger partial charge in [0.25, 0.3) is 0 Å². The van der Waals surface area contributed by atoms with E-state index in [1.54, 1.807) is 0 Å². The predicted octanol–water partition coefficient (Wildman–Crippen LogP) is 1.49. The van der Waals surface area contributed by atoms with Gasteiger partial charge in [-0.3, -0.25) is 0 Å². The van der Waals surface area contributed by atoms with Gasteiger partial charge in [0.1, 0.15) is 0 Å². The van der Waals surface area contributed by atoms with Gasteiger partial charge in [-0.2, -0.15) is 0 Å². The molecule has 0 amide bonds. The van der Waals surface area contributed by atoms with Crippen LogP contribution in [-0.2, 0) is 6.42 Å². The Kier molecular flexibility index (Phi) is 9.08. The fraction of sp³-hybridized carbons (Fsp3) is 0.250. The van der Waals surface area contributed by atoms with Crippen molar-refractivity contribution in [2.24, 2.45) is 0 Å². The molecular formula is C8H14AlCl. The molecule has 10 heavy (non-hydrogen) atoms. The minimum atomic E-state index is 0. The van der Waals surface area contributed by atoms with Crippen LogP contribution in [0, 0.1) is 0 Å². The van der Waals surface area contributed by atoms with Gasteiger partial charge < -0.3 is 0 Å². The zero-order valence-electron chi connectivity index (χ0n) is 5.50. The van der Waals surface area contributed by atoms with Gasteiger partial charge in [0.2, 0.25) is 0 Å². The third kappa shape index (κ3) is 3.96. The molecular weight excluding hydrogens is 159 g/mol. The monoisotopic (exact) mass is 172 g/mol. The van der Waals surface area contributed by atoms with Crippen LogP contribution in [-0.4, -0.2) is 17.4 Å². The number of hydrogen-bond acceptors (Lipinski definition) is 0. The van der Waals surface area contributed by atoms with Gasteiger partial charge in [0, 0.05) is 0 Å². The summed E-state index contributed by atoms with van der Waals surface area (Å²) in [4.78, 5) is 0. The maximum Gasteiger partial charge on any atom is 0.187 e. The lowest BCUT2D eigenvalue weighted by molar-refractivity contribution is 1.14. The molecule has 0 spiro atoms. The summed E-state index contributed by atoms with van der Waals surface area (Å²) in [7, 11) is 0. The lowest BCUT2D eigenvalue weighted by Crippen LogP contribution is -1.73. The molecule has 56 valence electrons. The second-order valence-corrected chi connectivity index (χ2v) is 1.84. The van der Waals surface area contributed by atoms with Crippen molar-refractivity contribution in [1.29, 1.82) is 0 Å². The first-order chi connectivity index (χ1) is 3.93. The fourth-order valence-corrected chi connectivity index (χ4v) is 0.714. The van der Waals surface area contributed by atoms with E-state index in [4.69, 9.17) is 0 Å². The average Bonchev–Trinajstić information content (AvgIpc) is 1.90. The van der Waals surface area contributed by atoms with E-state index < -0.39 is 0 Å². The summed E-state index contributed by atoms with van der Waals surface area (Å²) < 4.78 is 0. The van der Waals surface area contributed by atoms with E-state index in [0.717, 1.165) is 6.42 Å². The van der Waals surface area contributed by atoms with Crippen molar-refractivity contribution in [3.8, 4) is 0 Å². The normalized spacial score (nSPS) is 7.30. The van der Waals surface area contributed by atoms with Crippen molar-refractivity contribution in [3.63, 3.8) is 0 Å². The number of aryl methyl sites for hydroxylation is 1. The van der Waals surface area contributed by atoms with Crippen LogP contribution < -0.4 is 0 Å². The summed E-state index contributed by atoms with van der Waals surface area (Å²) in [6.07, 6.45) is 1.14. The Morgan fingerprint density at radius 3 is 1.90 bits per heavy atom. The lowest BCUT2D eigenvalue weighted by Gasteiger charge is -1.89. The Balaban J connectivity index is 0. The van der Waals surface area contributed by atoms with Crippen LogP contribution in [0.15, 0.2) is 30.3 Å². The van der Waals surface area contributed by atoms with Gasteiger partial charge in [0.15, 0.2) is 17.4 Å². The molecule has 0 nitrogen and oxygen atoms in total. The number of halogens is 1. The van der Waals surface area contributed by atoms with Crippen LogP contribution in [0.2, 0.25) is 0 Å². The molecule has 2 heteroatoms. The highest BCUT2D eigenvalue weighted by Gasteiger charge is 1.79. The largest absolute Gasteiger partial charge is 0.187 e. The van der Waals surface area contributed by atoms with Crippen molar-refractivity contribution in [1.82, 2.24) is 0 Å². The van der Waals surface area contributed by atoms with E-state index in [-0.39, 0.29) is 29.8 Å². The van der Waals surface area contributed by atoms with E-state index >= 15 is 0 Å². The van der Waals surface area contributed by atoms with Gasteiger partial charge in [0.05, 0.1) is 0 Å². The minimum absolute atomic E-state index is 0. The van der Waals surface area contributed by atoms with Gasteiger partial charge in [-0.1, -0.05) is 37.3 Å². The van der Waals surface area contributed by atoms with Crippen LogP contribution in [0.1, 0.15) is 12.5 Å². The van der Waals surface area contributed by atoms with Gasteiger partial charge in [-0.05, 0) is 12.0 Å². The highest BCUT2D eigenvalue weighted by Crippen LogP contribution is 1.96. The summed E-state index contributed by atoms with van der Waals surface area (Å²) >= 11 is 0. The van der Waals surface area contributed by atoms with E-state index in [1.807, 2.05) is 6.07 Å². The predicted molar refractivity (Wildman–Crippen MR) is 53.0 cm³/mol. The molecule has 0 N–H and O–H groups in total. The summed E-state index contributed by atoms with van der Waals surface area (Å²) in [5.74, 6) is 0. The maximum absolute atomic E-state index is 2.16. The molecule has 1 aromatic rings. The van der Waals surface area contributed by atoms with Crippen molar-refractivity contribution < 1.29 is 0 Å². The SMILES string of the molecule is CCc1ccccc1.Cl.[AlH3]. The molecule has 0 heterocycles. The Morgan fingerprint density at radius 2 is 1.60 bits per heavy atom. The van der Waals surface area contributed by atoms with E-state index in [2.05, 4.69) is 31.2 Å². The zero-order chi connectivity index (χ0) is 5.82. The fourth-order valence-electron chi connectivity index (χ4n) is 0.714. The quantitative estimate of drug-likeness (QED) is 0.563. The molecule has 0 saturated heterocycles. The van der Waals surface area contributed by atoms with E-state index in [1.165, 1.54) is 5.56 Å². The smallest absolute Gasteiger partial charge is 0.147 e. The first-order valence-corrected chi connectivity index (χ1v) is 2.97. The highest BCUT2D eigenvalue weighted by atomic mass is 35.5. The average molecular weight is 173 g/mol. The second-order valence-electron chi connectivity index (χ2n) is 1.84. The molecule has 0 saturated carbocycles. The number of benzene rings is 1. The molecule has 0 radical (unpaired) electrons. The first kappa shape index (κ1) is 12.7. The minimum Gasteiger partial charge on any atom is -0.147 e. The highest BCUT2D eigenvalue weighted by molar-refractivity contribution is 5.85. The molecule has 0 atom stereocenters. The standard InChI is InChI=1S/C8H10.Al.ClH.3H/c1-2-8-6-4-3-5-7-8;;;;;/h3-7H,2H2,1H3;;1H;;;. The van der Waals surface area contributed by atoms with E-state index in [0.29, 0.717) is 0 Å². The third-order valence-electron chi connectivity index (χ3n) is 1.25. The molecule has 0 fully saturated rings. The summed E-state index contributed by atoms with van der Waals surface area (Å²) in [6, 6.07) is 10.5.